The standard InChI is InChI=1S/C21H26Br2F2O11S/c1-19(2,3)16(27)34-32-10-13(26)15(33-35-17(28)20(4,5)6)21(24,25)18(29)36-37(30,31)14-8-7-11(22)9-12(14)23/h7-9,13,15,26H,10H2,1-6H3/t13-,15+/m0/s1. The number of aliphatic hydroxyl groups excluding tert-OH is 1. The van der Waals surface area contributed by atoms with Gasteiger partial charge in [0, 0.05) is 8.95 Å². The van der Waals surface area contributed by atoms with E-state index in [1.807, 2.05) is 0 Å². The molecule has 37 heavy (non-hydrogen) atoms. The van der Waals surface area contributed by atoms with Gasteiger partial charge < -0.3 is 9.29 Å². The maximum Gasteiger partial charge on any atom is 0.395 e. The van der Waals surface area contributed by atoms with Crippen LogP contribution in [0.2, 0.25) is 0 Å². The first kappa shape index (κ1) is 33.3. The van der Waals surface area contributed by atoms with E-state index in [1.165, 1.54) is 53.7 Å². The molecule has 11 nitrogen and oxygen atoms in total. The van der Waals surface area contributed by atoms with Crippen molar-refractivity contribution >= 4 is 59.9 Å². The largest absolute Gasteiger partial charge is 0.395 e. The summed E-state index contributed by atoms with van der Waals surface area (Å²) >= 11 is 6.00. The third kappa shape index (κ3) is 9.51. The molecule has 0 radical (unpaired) electrons. The predicted molar refractivity (Wildman–Crippen MR) is 128 cm³/mol. The minimum atomic E-state index is -5.09. The fourth-order valence-corrected chi connectivity index (χ4v) is 4.53. The number of hydrogen-bond acceptors (Lipinski definition) is 11. The SMILES string of the molecule is CC(C)(C)C(=O)OOC[C@H](O)[C@@H](OOC(=O)C(C)(C)C)C(F)(F)C(=O)OS(=O)(=O)c1ccc(Br)cc1Br. The fourth-order valence-electron chi connectivity index (χ4n) is 1.95. The van der Waals surface area contributed by atoms with Gasteiger partial charge in [-0.25, -0.2) is 14.4 Å². The summed E-state index contributed by atoms with van der Waals surface area (Å²) in [5, 5.41) is 10.2. The lowest BCUT2D eigenvalue weighted by Gasteiger charge is -2.28. The Balaban J connectivity index is 3.18. The Kier molecular flexibility index (Phi) is 11.2. The first-order chi connectivity index (χ1) is 16.6. The number of hydrogen-bond donors (Lipinski definition) is 1. The van der Waals surface area contributed by atoms with Gasteiger partial charge in [-0.3, -0.25) is 9.78 Å². The highest BCUT2D eigenvalue weighted by Crippen LogP contribution is 2.32. The van der Waals surface area contributed by atoms with Gasteiger partial charge in [0.2, 0.25) is 6.10 Å². The molecule has 1 aromatic rings. The molecular weight excluding hydrogens is 658 g/mol. The van der Waals surface area contributed by atoms with Gasteiger partial charge in [0.25, 0.3) is 0 Å². The highest BCUT2D eigenvalue weighted by atomic mass is 79.9. The average molecular weight is 684 g/mol. The number of aliphatic hydroxyl groups is 1. The van der Waals surface area contributed by atoms with E-state index >= 15 is 8.78 Å². The highest BCUT2D eigenvalue weighted by molar-refractivity contribution is 9.11. The molecule has 1 rings (SSSR count). The van der Waals surface area contributed by atoms with Crippen LogP contribution in [0.15, 0.2) is 32.0 Å². The van der Waals surface area contributed by atoms with Crippen LogP contribution in [-0.2, 0) is 48.2 Å². The van der Waals surface area contributed by atoms with Crippen molar-refractivity contribution in [3.8, 4) is 0 Å². The molecular formula is C21H26Br2F2O11S. The average Bonchev–Trinajstić information content (AvgIpc) is 2.71. The molecule has 0 saturated heterocycles. The summed E-state index contributed by atoms with van der Waals surface area (Å²) in [4.78, 5) is 53.0. The van der Waals surface area contributed by atoms with Crippen LogP contribution in [0.3, 0.4) is 0 Å². The molecule has 16 heteroatoms. The minimum absolute atomic E-state index is 0.112. The zero-order chi connectivity index (χ0) is 29.0. The second-order valence-electron chi connectivity index (χ2n) is 9.63. The van der Waals surface area contributed by atoms with Gasteiger partial charge in [-0.05, 0) is 75.7 Å². The van der Waals surface area contributed by atoms with Crippen LogP contribution in [-0.4, -0.2) is 56.2 Å². The van der Waals surface area contributed by atoms with Gasteiger partial charge >= 0.3 is 33.9 Å². The summed E-state index contributed by atoms with van der Waals surface area (Å²) < 4.78 is 59.5. The van der Waals surface area contributed by atoms with Crippen molar-refractivity contribution in [2.45, 2.75) is 64.6 Å². The lowest BCUT2D eigenvalue weighted by molar-refractivity contribution is -0.360. The summed E-state index contributed by atoms with van der Waals surface area (Å²) in [7, 11) is -5.09. The lowest BCUT2D eigenvalue weighted by atomic mass is 9.98. The Morgan fingerprint density at radius 1 is 0.946 bits per heavy atom. The molecule has 0 aliphatic rings. The number of alkyl halides is 2. The molecule has 0 fully saturated rings. The Bertz CT molecular complexity index is 1110. The number of carbonyl (C=O) groups is 3. The topological polar surface area (TPSA) is 152 Å². The fraction of sp³-hybridized carbons (Fsp3) is 0.571. The van der Waals surface area contributed by atoms with Crippen LogP contribution >= 0.6 is 31.9 Å². The Labute approximate surface area is 229 Å². The molecule has 0 unspecified atom stereocenters. The van der Waals surface area contributed by atoms with Crippen LogP contribution in [0.5, 0.6) is 0 Å². The molecule has 0 saturated carbocycles. The summed E-state index contributed by atoms with van der Waals surface area (Å²) in [6.07, 6.45) is -5.53. The number of benzene rings is 1. The van der Waals surface area contributed by atoms with Crippen molar-refractivity contribution in [2.75, 3.05) is 6.61 Å². The molecule has 0 amide bonds. The molecule has 0 aromatic heterocycles. The maximum atomic E-state index is 15.1. The number of rotatable bonds is 10. The summed E-state index contributed by atoms with van der Waals surface area (Å²) in [5.74, 6) is -9.68. The molecule has 0 heterocycles. The second kappa shape index (κ2) is 12.4. The third-order valence-corrected chi connectivity index (χ3v) is 6.83. The Hall–Kier alpha value is -1.72. The second-order valence-corrected chi connectivity index (χ2v) is 12.9. The third-order valence-electron chi connectivity index (χ3n) is 4.15. The smallest absolute Gasteiger partial charge is 0.387 e. The van der Waals surface area contributed by atoms with E-state index in [2.05, 4.69) is 55.6 Å². The van der Waals surface area contributed by atoms with E-state index in [0.29, 0.717) is 4.47 Å². The van der Waals surface area contributed by atoms with Crippen LogP contribution in [0.25, 0.3) is 0 Å². The predicted octanol–water partition coefficient (Wildman–Crippen LogP) is 3.85. The quantitative estimate of drug-likeness (QED) is 0.218. The van der Waals surface area contributed by atoms with Gasteiger partial charge in [0.1, 0.15) is 17.6 Å². The van der Waals surface area contributed by atoms with Gasteiger partial charge in [0.15, 0.2) is 0 Å². The minimum Gasteiger partial charge on any atom is -0.387 e. The highest BCUT2D eigenvalue weighted by Gasteiger charge is 2.56. The van der Waals surface area contributed by atoms with Crippen molar-refractivity contribution in [1.82, 2.24) is 0 Å². The molecule has 0 aliphatic heterocycles. The normalized spacial score (nSPS) is 14.5. The molecule has 1 aromatic carbocycles. The van der Waals surface area contributed by atoms with E-state index in [9.17, 15) is 27.9 Å². The molecule has 0 spiro atoms. The zero-order valence-electron chi connectivity index (χ0n) is 20.5. The van der Waals surface area contributed by atoms with Gasteiger partial charge in [-0.1, -0.05) is 15.9 Å². The van der Waals surface area contributed by atoms with Gasteiger partial charge in [0.05, 0.1) is 10.8 Å². The number of carbonyl (C=O) groups excluding carboxylic acids is 3. The van der Waals surface area contributed by atoms with Gasteiger partial charge in [-0.2, -0.15) is 27.0 Å². The first-order valence-electron chi connectivity index (χ1n) is 10.3. The van der Waals surface area contributed by atoms with Gasteiger partial charge in [-0.15, -0.1) is 0 Å². The van der Waals surface area contributed by atoms with E-state index in [-0.39, 0.29) is 4.47 Å². The molecule has 1 N–H and O–H groups in total. The van der Waals surface area contributed by atoms with E-state index in [0.717, 1.165) is 6.07 Å². The van der Waals surface area contributed by atoms with Crippen LogP contribution < -0.4 is 0 Å². The Morgan fingerprint density at radius 2 is 1.46 bits per heavy atom. The van der Waals surface area contributed by atoms with Crippen LogP contribution in [0.1, 0.15) is 41.5 Å². The van der Waals surface area contributed by atoms with Crippen molar-refractivity contribution in [1.29, 1.82) is 0 Å². The number of halogens is 4. The van der Waals surface area contributed by atoms with E-state index in [4.69, 9.17) is 0 Å². The Morgan fingerprint density at radius 3 is 1.95 bits per heavy atom. The zero-order valence-corrected chi connectivity index (χ0v) is 24.5. The van der Waals surface area contributed by atoms with Crippen molar-refractivity contribution in [3.63, 3.8) is 0 Å². The first-order valence-corrected chi connectivity index (χ1v) is 13.3. The van der Waals surface area contributed by atoms with Crippen LogP contribution in [0, 0.1) is 10.8 Å². The van der Waals surface area contributed by atoms with Crippen molar-refractivity contribution in [3.05, 3.63) is 27.1 Å². The monoisotopic (exact) mass is 682 g/mol. The molecule has 210 valence electrons. The molecule has 0 aliphatic carbocycles. The summed E-state index contributed by atoms with van der Waals surface area (Å²) in [5.41, 5.74) is -2.30. The van der Waals surface area contributed by atoms with E-state index < -0.39 is 68.5 Å². The molecule has 2 atom stereocenters. The lowest BCUT2D eigenvalue weighted by Crippen LogP contribution is -2.53. The molecule has 0 bridgehead atoms. The maximum absolute atomic E-state index is 15.1. The summed E-state index contributed by atoms with van der Waals surface area (Å²) in [6, 6.07) is 3.48. The summed E-state index contributed by atoms with van der Waals surface area (Å²) in [6.45, 7) is 7.26. The van der Waals surface area contributed by atoms with Crippen molar-refractivity contribution in [2.24, 2.45) is 10.8 Å². The van der Waals surface area contributed by atoms with Crippen molar-refractivity contribution < 1.29 is 60.4 Å². The van der Waals surface area contributed by atoms with Crippen LogP contribution in [0.4, 0.5) is 8.78 Å². The van der Waals surface area contributed by atoms with E-state index in [1.54, 1.807) is 0 Å².